The maximum Gasteiger partial charge on any atom is 0.264 e. The van der Waals surface area contributed by atoms with E-state index in [1.807, 2.05) is 24.3 Å². The number of nitrogens with one attached hydrogen (secondary N) is 1. The number of benzene rings is 2. The number of carbonyl (C=O) groups is 1. The van der Waals surface area contributed by atoms with Crippen LogP contribution in [0, 0.1) is 0 Å². The average molecular weight is 453 g/mol. The van der Waals surface area contributed by atoms with Crippen molar-refractivity contribution in [2.45, 2.75) is 19.4 Å². The lowest BCUT2D eigenvalue weighted by Gasteiger charge is -2.34. The summed E-state index contributed by atoms with van der Waals surface area (Å²) in [5, 5.41) is 4.10. The number of carbonyl (C=O) groups excluding carboxylic acids is 1. The lowest BCUT2D eigenvalue weighted by molar-refractivity contribution is -0.130. The van der Waals surface area contributed by atoms with Crippen molar-refractivity contribution < 1.29 is 14.3 Å². The molecule has 2 aliphatic heterocycles. The molecule has 1 fully saturated rings. The zero-order chi connectivity index (χ0) is 21.9. The number of rotatable bonds is 6. The first-order valence-corrected chi connectivity index (χ1v) is 12.0. The quantitative estimate of drug-likeness (QED) is 0.620. The van der Waals surface area contributed by atoms with Crippen molar-refractivity contribution in [3.63, 3.8) is 0 Å². The van der Waals surface area contributed by atoms with E-state index in [1.165, 1.54) is 10.3 Å². The molecule has 3 aromatic rings. The monoisotopic (exact) mass is 452 g/mol. The van der Waals surface area contributed by atoms with Gasteiger partial charge in [-0.25, -0.2) is 4.98 Å². The van der Waals surface area contributed by atoms with E-state index in [0.717, 1.165) is 49.8 Å². The van der Waals surface area contributed by atoms with E-state index >= 15 is 0 Å². The molecule has 0 spiro atoms. The third kappa shape index (κ3) is 4.52. The number of amides is 1. The molecule has 7 nitrogen and oxygen atoms in total. The van der Waals surface area contributed by atoms with Crippen LogP contribution in [0.3, 0.4) is 0 Å². The predicted molar refractivity (Wildman–Crippen MR) is 127 cm³/mol. The van der Waals surface area contributed by atoms with Crippen molar-refractivity contribution in [1.29, 1.82) is 0 Å². The Hall–Kier alpha value is -2.84. The summed E-state index contributed by atoms with van der Waals surface area (Å²) in [6.07, 6.45) is 0.444. The molecule has 1 aromatic heterocycles. The van der Waals surface area contributed by atoms with Gasteiger partial charge in [-0.2, -0.15) is 0 Å². The van der Waals surface area contributed by atoms with Crippen molar-refractivity contribution in [1.82, 2.24) is 15.2 Å². The first kappa shape index (κ1) is 21.0. The number of anilines is 1. The average Bonchev–Trinajstić information content (AvgIpc) is 3.27. The third-order valence-electron chi connectivity index (χ3n) is 6.02. The number of aryl methyl sites for hydroxylation is 1. The van der Waals surface area contributed by atoms with Crippen molar-refractivity contribution in [3.05, 3.63) is 48.0 Å². The molecule has 2 aliphatic rings. The van der Waals surface area contributed by atoms with Gasteiger partial charge in [0.25, 0.3) is 5.91 Å². The van der Waals surface area contributed by atoms with Gasteiger partial charge in [0.2, 0.25) is 6.10 Å². The highest BCUT2D eigenvalue weighted by Crippen LogP contribution is 2.31. The zero-order valence-electron chi connectivity index (χ0n) is 18.3. The Labute approximate surface area is 191 Å². The Morgan fingerprint density at radius 1 is 1.16 bits per heavy atom. The summed E-state index contributed by atoms with van der Waals surface area (Å²) in [4.78, 5) is 22.1. The van der Waals surface area contributed by atoms with E-state index in [-0.39, 0.29) is 12.5 Å². The lowest BCUT2D eigenvalue weighted by atomic mass is 10.2. The van der Waals surface area contributed by atoms with E-state index in [4.69, 9.17) is 14.5 Å². The lowest BCUT2D eigenvalue weighted by Crippen LogP contribution is -2.50. The molecule has 1 atom stereocenters. The Morgan fingerprint density at radius 2 is 1.97 bits per heavy atom. The number of nitrogens with zero attached hydrogens (tertiary/aromatic N) is 3. The van der Waals surface area contributed by atoms with Gasteiger partial charge in [-0.3, -0.25) is 9.69 Å². The molecular weight excluding hydrogens is 424 g/mol. The normalized spacial score (nSPS) is 18.7. The number of ether oxygens (including phenoxy) is 2. The fraction of sp³-hybridized carbons (Fsp3) is 0.417. The fourth-order valence-electron chi connectivity index (χ4n) is 4.07. The Bertz CT molecular complexity index is 1090. The summed E-state index contributed by atoms with van der Waals surface area (Å²) < 4.78 is 12.7. The smallest absolute Gasteiger partial charge is 0.264 e. The second-order valence-corrected chi connectivity index (χ2v) is 9.15. The van der Waals surface area contributed by atoms with Gasteiger partial charge in [-0.05, 0) is 36.2 Å². The summed E-state index contributed by atoms with van der Waals surface area (Å²) in [5.74, 6) is 1.18. The number of aromatic nitrogens is 1. The maximum absolute atomic E-state index is 12.5. The topological polar surface area (TPSA) is 66.9 Å². The summed E-state index contributed by atoms with van der Waals surface area (Å²) in [6.45, 7) is 7.66. The standard InChI is InChI=1S/C24H28N4O3S/c1-2-17-7-8-18-22(15-17)32-24(26-18)28-13-11-27(12-14-28)10-9-25-23(29)21-16-30-19-5-3-4-6-20(19)31-21/h3-8,15,21H,2,9-14,16H2,1H3,(H,25,29). The van der Waals surface area contributed by atoms with Crippen LogP contribution in [-0.4, -0.2) is 67.8 Å². The highest BCUT2D eigenvalue weighted by Gasteiger charge is 2.27. The van der Waals surface area contributed by atoms with E-state index in [1.54, 1.807) is 11.3 Å². The largest absolute Gasteiger partial charge is 0.485 e. The minimum absolute atomic E-state index is 0.126. The summed E-state index contributed by atoms with van der Waals surface area (Å²) in [5.41, 5.74) is 2.44. The number of fused-ring (bicyclic) bond motifs is 2. The van der Waals surface area contributed by atoms with Crippen molar-refractivity contribution in [3.8, 4) is 11.5 Å². The van der Waals surface area contributed by atoms with Crippen LogP contribution in [0.5, 0.6) is 11.5 Å². The van der Waals surface area contributed by atoms with E-state index in [2.05, 4.69) is 40.2 Å². The molecule has 1 N–H and O–H groups in total. The van der Waals surface area contributed by atoms with Crippen LogP contribution in [0.25, 0.3) is 10.2 Å². The number of piperazine rings is 1. The van der Waals surface area contributed by atoms with Gasteiger partial charge < -0.3 is 19.7 Å². The number of hydrogen-bond donors (Lipinski definition) is 1. The minimum atomic E-state index is -0.603. The molecule has 168 valence electrons. The van der Waals surface area contributed by atoms with Gasteiger partial charge in [-0.1, -0.05) is 36.5 Å². The maximum atomic E-state index is 12.5. The van der Waals surface area contributed by atoms with Crippen LogP contribution in [0.4, 0.5) is 5.13 Å². The molecule has 1 saturated heterocycles. The molecule has 32 heavy (non-hydrogen) atoms. The van der Waals surface area contributed by atoms with Crippen molar-refractivity contribution in [2.75, 3.05) is 50.8 Å². The molecule has 1 amide bonds. The van der Waals surface area contributed by atoms with Crippen LogP contribution >= 0.6 is 11.3 Å². The first-order valence-electron chi connectivity index (χ1n) is 11.2. The molecule has 0 saturated carbocycles. The molecule has 8 heteroatoms. The van der Waals surface area contributed by atoms with Gasteiger partial charge >= 0.3 is 0 Å². The van der Waals surface area contributed by atoms with Crippen LogP contribution in [0.2, 0.25) is 0 Å². The van der Waals surface area contributed by atoms with Gasteiger partial charge in [0, 0.05) is 39.3 Å². The third-order valence-corrected chi connectivity index (χ3v) is 7.10. The van der Waals surface area contributed by atoms with Crippen LogP contribution in [0.1, 0.15) is 12.5 Å². The Kier molecular flexibility index (Phi) is 6.14. The van der Waals surface area contributed by atoms with E-state index in [9.17, 15) is 4.79 Å². The first-order chi connectivity index (χ1) is 15.7. The van der Waals surface area contributed by atoms with E-state index in [0.29, 0.717) is 18.0 Å². The van der Waals surface area contributed by atoms with E-state index < -0.39 is 6.10 Å². The fourth-order valence-corrected chi connectivity index (χ4v) is 5.16. The Morgan fingerprint density at radius 3 is 2.78 bits per heavy atom. The molecule has 5 rings (SSSR count). The van der Waals surface area contributed by atoms with Gasteiger partial charge in [-0.15, -0.1) is 0 Å². The predicted octanol–water partition coefficient (Wildman–Crippen LogP) is 2.94. The number of para-hydroxylation sites is 2. The van der Waals surface area contributed by atoms with Crippen molar-refractivity contribution in [2.24, 2.45) is 0 Å². The summed E-state index contributed by atoms with van der Waals surface area (Å²) >= 11 is 1.78. The molecule has 0 bridgehead atoms. The second kappa shape index (κ2) is 9.34. The summed E-state index contributed by atoms with van der Waals surface area (Å²) in [7, 11) is 0. The molecule has 0 aliphatic carbocycles. The molecular formula is C24H28N4O3S. The summed E-state index contributed by atoms with van der Waals surface area (Å²) in [6, 6.07) is 14.0. The highest BCUT2D eigenvalue weighted by atomic mass is 32.1. The van der Waals surface area contributed by atoms with Gasteiger partial charge in [0.1, 0.15) is 6.61 Å². The van der Waals surface area contributed by atoms with Crippen LogP contribution in [0.15, 0.2) is 42.5 Å². The van der Waals surface area contributed by atoms with Crippen LogP contribution < -0.4 is 19.7 Å². The minimum Gasteiger partial charge on any atom is -0.485 e. The molecule has 1 unspecified atom stereocenters. The molecule has 3 heterocycles. The van der Waals surface area contributed by atoms with Crippen molar-refractivity contribution >= 4 is 32.6 Å². The number of hydrogen-bond acceptors (Lipinski definition) is 7. The number of thiazole rings is 1. The van der Waals surface area contributed by atoms with Gasteiger partial charge in [0.15, 0.2) is 16.6 Å². The van der Waals surface area contributed by atoms with Crippen LogP contribution in [-0.2, 0) is 11.2 Å². The second-order valence-electron chi connectivity index (χ2n) is 8.14. The SMILES string of the molecule is CCc1ccc2nc(N3CCN(CCNC(=O)C4COc5ccccc5O4)CC3)sc2c1. The molecule has 0 radical (unpaired) electrons. The molecule has 2 aromatic carbocycles. The van der Waals surface area contributed by atoms with Gasteiger partial charge in [0.05, 0.1) is 10.2 Å². The zero-order valence-corrected chi connectivity index (χ0v) is 19.1. The Balaban J connectivity index is 1.07. The highest BCUT2D eigenvalue weighted by molar-refractivity contribution is 7.22.